The van der Waals surface area contributed by atoms with Gasteiger partial charge in [0.25, 0.3) is 15.9 Å². The molecule has 150 valence electrons. The normalized spacial score (nSPS) is 11.1. The molecular formula is C19H21BrN2O5S. The van der Waals surface area contributed by atoms with E-state index in [2.05, 4.69) is 15.9 Å². The Labute approximate surface area is 172 Å². The minimum Gasteiger partial charge on any atom is -0.456 e. The zero-order valence-electron chi connectivity index (χ0n) is 15.5. The minimum atomic E-state index is -3.92. The lowest BCUT2D eigenvalue weighted by Gasteiger charge is -2.25. The van der Waals surface area contributed by atoms with E-state index in [9.17, 15) is 18.0 Å². The second kappa shape index (κ2) is 9.20. The first-order chi connectivity index (χ1) is 13.1. The molecule has 0 atom stereocenters. The third-order valence-corrected chi connectivity index (χ3v) is 6.16. The molecule has 0 aliphatic rings. The Morgan fingerprint density at radius 3 is 2.18 bits per heavy atom. The summed E-state index contributed by atoms with van der Waals surface area (Å²) in [5.41, 5.74) is 7.18. The smallest absolute Gasteiger partial charge is 0.308 e. The molecule has 1 amide bonds. The van der Waals surface area contributed by atoms with Gasteiger partial charge in [0.05, 0.1) is 17.0 Å². The van der Waals surface area contributed by atoms with Crippen LogP contribution in [0.3, 0.4) is 0 Å². The van der Waals surface area contributed by atoms with Crippen molar-refractivity contribution in [3.8, 4) is 0 Å². The van der Waals surface area contributed by atoms with Crippen molar-refractivity contribution < 1.29 is 22.7 Å². The van der Waals surface area contributed by atoms with Crippen LogP contribution in [0.25, 0.3) is 0 Å². The summed E-state index contributed by atoms with van der Waals surface area (Å²) < 4.78 is 33.1. The van der Waals surface area contributed by atoms with Gasteiger partial charge in [-0.2, -0.15) is 0 Å². The van der Waals surface area contributed by atoms with Crippen LogP contribution in [0.2, 0.25) is 0 Å². The van der Waals surface area contributed by atoms with E-state index in [-0.39, 0.29) is 17.9 Å². The predicted molar refractivity (Wildman–Crippen MR) is 109 cm³/mol. The molecule has 2 aromatic rings. The summed E-state index contributed by atoms with van der Waals surface area (Å²) in [7, 11) is -3.92. The predicted octanol–water partition coefficient (Wildman–Crippen LogP) is 2.68. The molecule has 0 spiro atoms. The Kier molecular flexibility index (Phi) is 7.20. The minimum absolute atomic E-state index is 0.0976. The summed E-state index contributed by atoms with van der Waals surface area (Å²) in [5, 5.41) is 0. The molecule has 0 heterocycles. The fourth-order valence-corrected chi connectivity index (χ4v) is 4.35. The van der Waals surface area contributed by atoms with Gasteiger partial charge in [-0.15, -0.1) is 0 Å². The van der Waals surface area contributed by atoms with E-state index in [4.69, 9.17) is 10.5 Å². The highest BCUT2D eigenvalue weighted by molar-refractivity contribution is 9.10. The Hall–Kier alpha value is -2.39. The number of primary amides is 1. The molecule has 7 nitrogen and oxygen atoms in total. The number of esters is 1. The first kappa shape index (κ1) is 21.9. The lowest BCUT2D eigenvalue weighted by atomic mass is 10.1. The van der Waals surface area contributed by atoms with Gasteiger partial charge in [0.1, 0.15) is 0 Å². The highest BCUT2D eigenvalue weighted by atomic mass is 79.9. The van der Waals surface area contributed by atoms with Gasteiger partial charge >= 0.3 is 5.97 Å². The summed E-state index contributed by atoms with van der Waals surface area (Å²) in [5.74, 6) is -1.49. The molecule has 0 aliphatic heterocycles. The van der Waals surface area contributed by atoms with Crippen LogP contribution < -0.4 is 10.0 Å². The molecule has 0 saturated carbocycles. The first-order valence-electron chi connectivity index (χ1n) is 8.40. The van der Waals surface area contributed by atoms with Gasteiger partial charge in [-0.1, -0.05) is 22.0 Å². The Bertz CT molecular complexity index is 954. The van der Waals surface area contributed by atoms with Crippen LogP contribution in [0.4, 0.5) is 5.69 Å². The highest BCUT2D eigenvalue weighted by Crippen LogP contribution is 2.27. The molecule has 0 radical (unpaired) electrons. The number of hydrogen-bond acceptors (Lipinski definition) is 5. The number of halogens is 1. The molecule has 2 N–H and O–H groups in total. The number of carbonyl (C=O) groups is 2. The van der Waals surface area contributed by atoms with Crippen molar-refractivity contribution in [3.63, 3.8) is 0 Å². The number of aryl methyl sites for hydroxylation is 2. The van der Waals surface area contributed by atoms with E-state index >= 15 is 0 Å². The lowest BCUT2D eigenvalue weighted by molar-refractivity contribution is -0.147. The molecule has 0 unspecified atom stereocenters. The third kappa shape index (κ3) is 5.80. The van der Waals surface area contributed by atoms with Crippen molar-refractivity contribution >= 4 is 43.5 Å². The number of carbonyl (C=O) groups excluding carboxylic acids is 2. The molecule has 0 fully saturated rings. The Balaban J connectivity index is 2.36. The van der Waals surface area contributed by atoms with Crippen LogP contribution in [0.5, 0.6) is 0 Å². The first-order valence-corrected chi connectivity index (χ1v) is 10.6. The number of ether oxygens (including phenoxy) is 1. The average molecular weight is 469 g/mol. The van der Waals surface area contributed by atoms with Crippen molar-refractivity contribution in [1.29, 1.82) is 0 Å². The van der Waals surface area contributed by atoms with Crippen LogP contribution in [0.1, 0.15) is 17.5 Å². The van der Waals surface area contributed by atoms with E-state index in [1.54, 1.807) is 24.3 Å². The number of amides is 1. The maximum Gasteiger partial charge on any atom is 0.308 e. The largest absolute Gasteiger partial charge is 0.456 e. The number of anilines is 1. The van der Waals surface area contributed by atoms with Crippen LogP contribution >= 0.6 is 15.9 Å². The lowest BCUT2D eigenvalue weighted by Crippen LogP contribution is -2.34. The molecule has 2 rings (SSSR count). The maximum atomic E-state index is 13.2. The highest BCUT2D eigenvalue weighted by Gasteiger charge is 2.26. The van der Waals surface area contributed by atoms with Crippen LogP contribution in [0, 0.1) is 13.8 Å². The second-order valence-corrected chi connectivity index (χ2v) is 9.03. The van der Waals surface area contributed by atoms with Crippen LogP contribution in [-0.2, 0) is 24.3 Å². The van der Waals surface area contributed by atoms with Gasteiger partial charge in [0, 0.05) is 11.0 Å². The van der Waals surface area contributed by atoms with Gasteiger partial charge in [-0.3, -0.25) is 13.9 Å². The molecule has 0 aromatic heterocycles. The van der Waals surface area contributed by atoms with Crippen molar-refractivity contribution in [2.24, 2.45) is 5.73 Å². The monoisotopic (exact) mass is 468 g/mol. The zero-order chi connectivity index (χ0) is 20.9. The summed E-state index contributed by atoms with van der Waals surface area (Å²) >= 11 is 3.28. The quantitative estimate of drug-likeness (QED) is 0.599. The molecule has 0 saturated heterocycles. The van der Waals surface area contributed by atoms with Crippen molar-refractivity contribution in [1.82, 2.24) is 0 Å². The van der Waals surface area contributed by atoms with Gasteiger partial charge in [-0.05, 0) is 61.4 Å². The van der Waals surface area contributed by atoms with E-state index in [1.807, 2.05) is 19.9 Å². The van der Waals surface area contributed by atoms with E-state index in [1.165, 1.54) is 16.4 Å². The number of rotatable bonds is 8. The van der Waals surface area contributed by atoms with Gasteiger partial charge in [-0.25, -0.2) is 8.42 Å². The van der Waals surface area contributed by atoms with E-state index in [0.29, 0.717) is 5.69 Å². The topological polar surface area (TPSA) is 107 Å². The number of nitrogens with zero attached hydrogens (tertiary/aromatic N) is 1. The average Bonchev–Trinajstić information content (AvgIpc) is 2.59. The fraction of sp³-hybridized carbons (Fsp3) is 0.263. The SMILES string of the molecule is Cc1cc(C)cc(N(CCC(=O)OCC(N)=O)S(=O)(=O)c2ccc(Br)cc2)c1. The van der Waals surface area contributed by atoms with Gasteiger partial charge < -0.3 is 10.5 Å². The molecule has 9 heteroatoms. The molecule has 0 aliphatic carbocycles. The summed E-state index contributed by atoms with van der Waals surface area (Å²) in [6, 6.07) is 11.6. The van der Waals surface area contributed by atoms with Crippen LogP contribution in [0.15, 0.2) is 51.8 Å². The zero-order valence-corrected chi connectivity index (χ0v) is 17.9. The third-order valence-electron chi connectivity index (χ3n) is 3.79. The van der Waals surface area contributed by atoms with E-state index in [0.717, 1.165) is 15.6 Å². The molecular weight excluding hydrogens is 448 g/mol. The van der Waals surface area contributed by atoms with Gasteiger partial charge in [0.2, 0.25) is 0 Å². The number of nitrogens with two attached hydrogens (primary N) is 1. The van der Waals surface area contributed by atoms with Crippen molar-refractivity contribution in [2.45, 2.75) is 25.2 Å². The van der Waals surface area contributed by atoms with Crippen LogP contribution in [-0.4, -0.2) is 33.4 Å². The number of benzene rings is 2. The molecule has 28 heavy (non-hydrogen) atoms. The summed E-state index contributed by atoms with van der Waals surface area (Å²) in [6.07, 6.45) is -0.226. The van der Waals surface area contributed by atoms with Crippen molar-refractivity contribution in [2.75, 3.05) is 17.5 Å². The second-order valence-electron chi connectivity index (χ2n) is 6.25. The molecule has 2 aromatic carbocycles. The maximum absolute atomic E-state index is 13.2. The number of hydrogen-bond donors (Lipinski definition) is 1. The number of sulfonamides is 1. The fourth-order valence-electron chi connectivity index (χ4n) is 2.63. The van der Waals surface area contributed by atoms with Gasteiger partial charge in [0.15, 0.2) is 6.61 Å². The molecule has 0 bridgehead atoms. The van der Waals surface area contributed by atoms with Crippen molar-refractivity contribution in [3.05, 3.63) is 58.1 Å². The van der Waals surface area contributed by atoms with E-state index < -0.39 is 28.5 Å². The summed E-state index contributed by atoms with van der Waals surface area (Å²) in [6.45, 7) is 3.05. The Morgan fingerprint density at radius 1 is 1.07 bits per heavy atom. The standard InChI is InChI=1S/C19H21BrN2O5S/c1-13-9-14(2)11-16(10-13)22(8-7-19(24)27-12-18(21)23)28(25,26)17-5-3-15(20)4-6-17/h3-6,9-11H,7-8,12H2,1-2H3,(H2,21,23). The summed E-state index contributed by atoms with van der Waals surface area (Å²) in [4.78, 5) is 22.7. The Morgan fingerprint density at radius 2 is 1.64 bits per heavy atom.